The van der Waals surface area contributed by atoms with Crippen LogP contribution in [-0.4, -0.2) is 25.5 Å². The molecular formula is C13H16N4O. The van der Waals surface area contributed by atoms with Crippen molar-refractivity contribution in [1.29, 1.82) is 0 Å². The van der Waals surface area contributed by atoms with E-state index in [1.807, 2.05) is 16.9 Å². The van der Waals surface area contributed by atoms with Crippen LogP contribution >= 0.6 is 0 Å². The largest absolute Gasteiger partial charge is 0.292 e. The number of nitrogens with zero attached hydrogens (tertiary/aromatic N) is 4. The molecule has 18 heavy (non-hydrogen) atoms. The molecule has 2 heterocycles. The minimum absolute atomic E-state index is 0.0354. The number of Topliss-reactive ketones (excluding diaryl/α,β-unsaturated/α-hetero) is 1. The third-order valence-electron chi connectivity index (χ3n) is 2.92. The van der Waals surface area contributed by atoms with Gasteiger partial charge >= 0.3 is 0 Å². The van der Waals surface area contributed by atoms with Gasteiger partial charge in [-0.3, -0.25) is 9.48 Å². The van der Waals surface area contributed by atoms with E-state index in [9.17, 15) is 4.79 Å². The molecule has 94 valence electrons. The van der Waals surface area contributed by atoms with Gasteiger partial charge in [0, 0.05) is 18.4 Å². The Bertz CT molecular complexity index is 521. The zero-order valence-electron chi connectivity index (χ0n) is 10.6. The van der Waals surface area contributed by atoms with Crippen LogP contribution in [0.25, 0.3) is 0 Å². The van der Waals surface area contributed by atoms with Crippen molar-refractivity contribution in [2.45, 2.75) is 32.7 Å². The standard InChI is InChI=1S/C13H16N4O/c1-3-10(2)17-7-5-11(16-17)8-13(18)12-4-6-14-9-15-12/h4-7,9-10H,3,8H2,1-2H3. The summed E-state index contributed by atoms with van der Waals surface area (Å²) in [5.74, 6) is -0.0354. The molecule has 0 saturated carbocycles. The first-order valence-corrected chi connectivity index (χ1v) is 6.04. The fourth-order valence-corrected chi connectivity index (χ4v) is 1.61. The van der Waals surface area contributed by atoms with Gasteiger partial charge in [0.05, 0.1) is 12.1 Å². The highest BCUT2D eigenvalue weighted by Crippen LogP contribution is 2.10. The van der Waals surface area contributed by atoms with Crippen LogP contribution in [0.5, 0.6) is 0 Å². The molecule has 0 amide bonds. The molecule has 0 aliphatic rings. The van der Waals surface area contributed by atoms with Crippen molar-refractivity contribution >= 4 is 5.78 Å². The van der Waals surface area contributed by atoms with Gasteiger partial charge in [-0.15, -0.1) is 0 Å². The lowest BCUT2D eigenvalue weighted by Gasteiger charge is -2.07. The molecule has 0 saturated heterocycles. The molecule has 2 aromatic heterocycles. The average Bonchev–Trinajstić information content (AvgIpc) is 2.87. The molecule has 0 fully saturated rings. The Labute approximate surface area is 106 Å². The van der Waals surface area contributed by atoms with Crippen LogP contribution in [0.15, 0.2) is 30.9 Å². The van der Waals surface area contributed by atoms with Gasteiger partial charge in [0.1, 0.15) is 12.0 Å². The van der Waals surface area contributed by atoms with Gasteiger partial charge in [-0.2, -0.15) is 5.10 Å². The van der Waals surface area contributed by atoms with Gasteiger partial charge < -0.3 is 0 Å². The van der Waals surface area contributed by atoms with Gasteiger partial charge in [0.25, 0.3) is 0 Å². The second kappa shape index (κ2) is 5.53. The summed E-state index contributed by atoms with van der Waals surface area (Å²) in [4.78, 5) is 19.7. The summed E-state index contributed by atoms with van der Waals surface area (Å²) >= 11 is 0. The first-order valence-electron chi connectivity index (χ1n) is 6.04. The number of hydrogen-bond acceptors (Lipinski definition) is 4. The molecule has 0 aliphatic heterocycles. The molecule has 0 radical (unpaired) electrons. The monoisotopic (exact) mass is 244 g/mol. The van der Waals surface area contributed by atoms with Crippen molar-refractivity contribution in [2.75, 3.05) is 0 Å². The first kappa shape index (κ1) is 12.4. The SMILES string of the molecule is CCC(C)n1ccc(CC(=O)c2ccncn2)n1. The fraction of sp³-hybridized carbons (Fsp3) is 0.385. The zero-order valence-corrected chi connectivity index (χ0v) is 10.6. The molecule has 1 atom stereocenters. The number of aromatic nitrogens is 4. The number of hydrogen-bond donors (Lipinski definition) is 0. The Balaban J connectivity index is 2.06. The van der Waals surface area contributed by atoms with Crippen molar-refractivity contribution in [3.63, 3.8) is 0 Å². The maximum absolute atomic E-state index is 11.9. The molecule has 0 N–H and O–H groups in total. The van der Waals surface area contributed by atoms with Crippen LogP contribution in [0, 0.1) is 0 Å². The van der Waals surface area contributed by atoms with Crippen LogP contribution in [0.2, 0.25) is 0 Å². The van der Waals surface area contributed by atoms with Gasteiger partial charge in [0.15, 0.2) is 5.78 Å². The Morgan fingerprint density at radius 2 is 2.28 bits per heavy atom. The van der Waals surface area contributed by atoms with Crippen molar-refractivity contribution in [3.05, 3.63) is 42.2 Å². The zero-order chi connectivity index (χ0) is 13.0. The summed E-state index contributed by atoms with van der Waals surface area (Å²) in [7, 11) is 0. The minimum Gasteiger partial charge on any atom is -0.292 e. The van der Waals surface area contributed by atoms with Gasteiger partial charge in [-0.05, 0) is 25.5 Å². The van der Waals surface area contributed by atoms with E-state index in [2.05, 4.69) is 28.9 Å². The van der Waals surface area contributed by atoms with Crippen LogP contribution in [0.4, 0.5) is 0 Å². The summed E-state index contributed by atoms with van der Waals surface area (Å²) in [6, 6.07) is 3.85. The Kier molecular flexibility index (Phi) is 3.82. The van der Waals surface area contributed by atoms with Crippen LogP contribution < -0.4 is 0 Å². The molecular weight excluding hydrogens is 228 g/mol. The van der Waals surface area contributed by atoms with Crippen LogP contribution in [0.3, 0.4) is 0 Å². The molecule has 2 aromatic rings. The number of rotatable bonds is 5. The van der Waals surface area contributed by atoms with Gasteiger partial charge in [-0.1, -0.05) is 6.92 Å². The number of carbonyl (C=O) groups is 1. The molecule has 0 aliphatic carbocycles. The molecule has 5 nitrogen and oxygen atoms in total. The van der Waals surface area contributed by atoms with E-state index in [-0.39, 0.29) is 12.2 Å². The Morgan fingerprint density at radius 1 is 1.44 bits per heavy atom. The van der Waals surface area contributed by atoms with E-state index >= 15 is 0 Å². The Morgan fingerprint density at radius 3 is 2.94 bits per heavy atom. The highest BCUT2D eigenvalue weighted by atomic mass is 16.1. The molecule has 2 rings (SSSR count). The normalized spacial score (nSPS) is 12.3. The van der Waals surface area contributed by atoms with Crippen LogP contribution in [-0.2, 0) is 6.42 Å². The predicted molar refractivity (Wildman–Crippen MR) is 67.3 cm³/mol. The van der Waals surface area contributed by atoms with Crippen LogP contribution in [0.1, 0.15) is 42.5 Å². The number of carbonyl (C=O) groups excluding carboxylic acids is 1. The summed E-state index contributed by atoms with van der Waals surface area (Å²) in [6.45, 7) is 4.21. The van der Waals surface area contributed by atoms with E-state index in [0.29, 0.717) is 11.7 Å². The summed E-state index contributed by atoms with van der Waals surface area (Å²) in [5, 5.41) is 4.40. The lowest BCUT2D eigenvalue weighted by atomic mass is 10.2. The Hall–Kier alpha value is -2.04. The highest BCUT2D eigenvalue weighted by Gasteiger charge is 2.11. The quantitative estimate of drug-likeness (QED) is 0.755. The third kappa shape index (κ3) is 2.80. The van der Waals surface area contributed by atoms with Crippen molar-refractivity contribution < 1.29 is 4.79 Å². The molecule has 0 spiro atoms. The lowest BCUT2D eigenvalue weighted by molar-refractivity contribution is 0.0986. The smallest absolute Gasteiger partial charge is 0.187 e. The second-order valence-electron chi connectivity index (χ2n) is 4.24. The molecule has 0 aromatic carbocycles. The van der Waals surface area contributed by atoms with Crippen molar-refractivity contribution in [3.8, 4) is 0 Å². The van der Waals surface area contributed by atoms with Crippen molar-refractivity contribution in [2.24, 2.45) is 0 Å². The lowest BCUT2D eigenvalue weighted by Crippen LogP contribution is -2.09. The fourth-order valence-electron chi connectivity index (χ4n) is 1.61. The predicted octanol–water partition coefficient (Wildman–Crippen LogP) is 2.07. The average molecular weight is 244 g/mol. The first-order chi connectivity index (χ1) is 8.70. The molecule has 0 bridgehead atoms. The van der Waals surface area contributed by atoms with E-state index in [0.717, 1.165) is 12.1 Å². The topological polar surface area (TPSA) is 60.7 Å². The minimum atomic E-state index is -0.0354. The molecule has 5 heteroatoms. The second-order valence-corrected chi connectivity index (χ2v) is 4.24. The van der Waals surface area contributed by atoms with Crippen molar-refractivity contribution in [1.82, 2.24) is 19.7 Å². The summed E-state index contributed by atoms with van der Waals surface area (Å²) in [6.07, 6.45) is 6.15. The third-order valence-corrected chi connectivity index (χ3v) is 2.92. The number of ketones is 1. The van der Waals surface area contributed by atoms with E-state index < -0.39 is 0 Å². The summed E-state index contributed by atoms with van der Waals surface area (Å²) < 4.78 is 1.89. The maximum Gasteiger partial charge on any atom is 0.187 e. The maximum atomic E-state index is 11.9. The van der Waals surface area contributed by atoms with E-state index in [4.69, 9.17) is 0 Å². The van der Waals surface area contributed by atoms with Gasteiger partial charge in [-0.25, -0.2) is 9.97 Å². The molecule has 1 unspecified atom stereocenters. The van der Waals surface area contributed by atoms with Gasteiger partial charge in [0.2, 0.25) is 0 Å². The summed E-state index contributed by atoms with van der Waals surface area (Å²) in [5.41, 5.74) is 1.21. The van der Waals surface area contributed by atoms with E-state index in [1.165, 1.54) is 6.33 Å². The highest BCUT2D eigenvalue weighted by molar-refractivity contribution is 5.95. The van der Waals surface area contributed by atoms with E-state index in [1.54, 1.807) is 12.3 Å².